The number of thiazole rings is 1. The smallest absolute Gasteiger partial charge is 0.180 e. The molecule has 1 aliphatic rings. The Bertz CT molecular complexity index is 342. The van der Waals surface area contributed by atoms with Crippen LogP contribution in [-0.2, 0) is 6.54 Å². The normalized spacial score (nSPS) is 16.8. The van der Waals surface area contributed by atoms with Crippen molar-refractivity contribution in [2.45, 2.75) is 44.7 Å². The van der Waals surface area contributed by atoms with Gasteiger partial charge in [-0.15, -0.1) is 23.7 Å². The van der Waals surface area contributed by atoms with Gasteiger partial charge < -0.3 is 10.8 Å². The number of aromatic nitrogens is 1. The predicted molar refractivity (Wildman–Crippen MR) is 78.1 cm³/mol. The number of anilines is 1. The van der Waals surface area contributed by atoms with Crippen molar-refractivity contribution in [1.29, 1.82) is 0 Å². The third-order valence-electron chi connectivity index (χ3n) is 3.41. The summed E-state index contributed by atoms with van der Waals surface area (Å²) in [5, 5.41) is 9.80. The van der Waals surface area contributed by atoms with Crippen LogP contribution in [0.2, 0.25) is 0 Å². The highest BCUT2D eigenvalue weighted by atomic mass is 35.5. The summed E-state index contributed by atoms with van der Waals surface area (Å²) in [6.07, 6.45) is 8.36. The summed E-state index contributed by atoms with van der Waals surface area (Å²) >= 11 is 1.55. The summed E-state index contributed by atoms with van der Waals surface area (Å²) in [6, 6.07) is 0.624. The highest BCUT2D eigenvalue weighted by Gasteiger charge is 2.21. The minimum Gasteiger partial charge on any atom is -0.395 e. The van der Waals surface area contributed by atoms with Crippen molar-refractivity contribution < 1.29 is 5.11 Å². The number of aliphatic hydroxyl groups is 1. The summed E-state index contributed by atoms with van der Waals surface area (Å²) < 4.78 is 0. The second-order valence-electron chi connectivity index (χ2n) is 4.65. The number of hydrogen-bond acceptors (Lipinski definition) is 5. The molecule has 1 fully saturated rings. The van der Waals surface area contributed by atoms with Crippen molar-refractivity contribution in [2.24, 2.45) is 0 Å². The molecular weight excluding hydrogens is 270 g/mol. The largest absolute Gasteiger partial charge is 0.395 e. The second-order valence-corrected chi connectivity index (χ2v) is 5.80. The van der Waals surface area contributed by atoms with E-state index in [1.807, 2.05) is 6.20 Å². The highest BCUT2D eigenvalue weighted by molar-refractivity contribution is 7.15. The first-order valence-corrected chi connectivity index (χ1v) is 7.16. The molecule has 0 spiro atoms. The van der Waals surface area contributed by atoms with Gasteiger partial charge in [0.2, 0.25) is 0 Å². The predicted octanol–water partition coefficient (Wildman–Crippen LogP) is 2.27. The lowest BCUT2D eigenvalue weighted by Gasteiger charge is -2.33. The van der Waals surface area contributed by atoms with Crippen LogP contribution >= 0.6 is 23.7 Å². The molecule has 104 valence electrons. The molecule has 0 radical (unpaired) electrons. The molecule has 4 nitrogen and oxygen atoms in total. The SMILES string of the molecule is Cl.Nc1ncc(CN(CCO)C2CCCCC2)s1. The fourth-order valence-corrected chi connectivity index (χ4v) is 3.27. The third-order valence-corrected chi connectivity index (χ3v) is 4.22. The van der Waals surface area contributed by atoms with Gasteiger partial charge in [-0.2, -0.15) is 0 Å². The van der Waals surface area contributed by atoms with Gasteiger partial charge >= 0.3 is 0 Å². The second kappa shape index (κ2) is 7.94. The lowest BCUT2D eigenvalue weighted by atomic mass is 9.94. The minimum atomic E-state index is 0. The zero-order valence-corrected chi connectivity index (χ0v) is 12.2. The molecule has 0 aromatic carbocycles. The standard InChI is InChI=1S/C12H21N3OS.ClH/c13-12-14-8-11(17-12)9-15(6-7-16)10-4-2-1-3-5-10;/h8,10,16H,1-7,9H2,(H2,13,14);1H. The van der Waals surface area contributed by atoms with Gasteiger partial charge in [-0.05, 0) is 12.8 Å². The van der Waals surface area contributed by atoms with Crippen LogP contribution in [0.15, 0.2) is 6.20 Å². The number of rotatable bonds is 5. The lowest BCUT2D eigenvalue weighted by molar-refractivity contribution is 0.118. The average Bonchev–Trinajstić information content (AvgIpc) is 2.75. The first-order chi connectivity index (χ1) is 8.29. The third kappa shape index (κ3) is 4.39. The molecular formula is C12H22ClN3OS. The fraction of sp³-hybridized carbons (Fsp3) is 0.750. The Morgan fingerprint density at radius 3 is 2.67 bits per heavy atom. The quantitative estimate of drug-likeness (QED) is 0.874. The van der Waals surface area contributed by atoms with E-state index in [2.05, 4.69) is 9.88 Å². The zero-order chi connectivity index (χ0) is 12.1. The number of aliphatic hydroxyl groups excluding tert-OH is 1. The maximum absolute atomic E-state index is 9.17. The molecule has 1 aliphatic carbocycles. The summed E-state index contributed by atoms with van der Waals surface area (Å²) in [4.78, 5) is 7.66. The van der Waals surface area contributed by atoms with E-state index < -0.39 is 0 Å². The average molecular weight is 292 g/mol. The number of hydrogen-bond donors (Lipinski definition) is 2. The summed E-state index contributed by atoms with van der Waals surface area (Å²) in [6.45, 7) is 1.85. The summed E-state index contributed by atoms with van der Waals surface area (Å²) in [5.41, 5.74) is 5.65. The molecule has 1 aromatic rings. The molecule has 0 bridgehead atoms. The fourth-order valence-electron chi connectivity index (χ4n) is 2.56. The van der Waals surface area contributed by atoms with Crippen LogP contribution in [0.4, 0.5) is 5.13 Å². The van der Waals surface area contributed by atoms with Gasteiger partial charge in [0.05, 0.1) is 6.61 Å². The van der Waals surface area contributed by atoms with Crippen molar-refractivity contribution in [3.63, 3.8) is 0 Å². The Kier molecular flexibility index (Phi) is 6.92. The van der Waals surface area contributed by atoms with E-state index in [9.17, 15) is 5.11 Å². The molecule has 1 heterocycles. The Morgan fingerprint density at radius 1 is 1.39 bits per heavy atom. The van der Waals surface area contributed by atoms with Crippen LogP contribution in [0.1, 0.15) is 37.0 Å². The maximum Gasteiger partial charge on any atom is 0.180 e. The van der Waals surface area contributed by atoms with Crippen LogP contribution < -0.4 is 5.73 Å². The van der Waals surface area contributed by atoms with Crippen molar-refractivity contribution in [2.75, 3.05) is 18.9 Å². The van der Waals surface area contributed by atoms with Gasteiger partial charge in [0.1, 0.15) is 0 Å². The summed E-state index contributed by atoms with van der Waals surface area (Å²) in [7, 11) is 0. The number of nitrogens with zero attached hydrogens (tertiary/aromatic N) is 2. The first kappa shape index (κ1) is 15.7. The van der Waals surface area contributed by atoms with Crippen LogP contribution in [0.5, 0.6) is 0 Å². The van der Waals surface area contributed by atoms with E-state index in [4.69, 9.17) is 5.73 Å². The molecule has 18 heavy (non-hydrogen) atoms. The Morgan fingerprint density at radius 2 is 2.11 bits per heavy atom. The number of nitrogens with two attached hydrogens (primary N) is 1. The summed E-state index contributed by atoms with van der Waals surface area (Å²) in [5.74, 6) is 0. The maximum atomic E-state index is 9.17. The molecule has 6 heteroatoms. The molecule has 0 unspecified atom stereocenters. The van der Waals surface area contributed by atoms with Crippen LogP contribution in [0.25, 0.3) is 0 Å². The molecule has 2 rings (SSSR count). The molecule has 0 aliphatic heterocycles. The van der Waals surface area contributed by atoms with Gasteiger partial charge in [0, 0.05) is 30.2 Å². The monoisotopic (exact) mass is 291 g/mol. The lowest BCUT2D eigenvalue weighted by Crippen LogP contribution is -2.38. The van der Waals surface area contributed by atoms with E-state index in [0.29, 0.717) is 11.2 Å². The highest BCUT2D eigenvalue weighted by Crippen LogP contribution is 2.25. The van der Waals surface area contributed by atoms with Crippen molar-refractivity contribution in [3.05, 3.63) is 11.1 Å². The van der Waals surface area contributed by atoms with E-state index in [1.54, 1.807) is 11.3 Å². The molecule has 0 atom stereocenters. The molecule has 0 saturated heterocycles. The van der Waals surface area contributed by atoms with Gasteiger partial charge in [-0.3, -0.25) is 4.90 Å². The van der Waals surface area contributed by atoms with Gasteiger partial charge in [0.25, 0.3) is 0 Å². The number of halogens is 1. The van der Waals surface area contributed by atoms with E-state index in [-0.39, 0.29) is 19.0 Å². The van der Waals surface area contributed by atoms with Crippen LogP contribution in [-0.4, -0.2) is 34.2 Å². The first-order valence-electron chi connectivity index (χ1n) is 6.34. The van der Waals surface area contributed by atoms with E-state index in [0.717, 1.165) is 13.1 Å². The Hall–Kier alpha value is -0.360. The molecule has 0 amide bonds. The molecule has 1 saturated carbocycles. The Labute approximate surface area is 119 Å². The van der Waals surface area contributed by atoms with Crippen LogP contribution in [0, 0.1) is 0 Å². The van der Waals surface area contributed by atoms with Gasteiger partial charge in [0.15, 0.2) is 5.13 Å². The molecule has 3 N–H and O–H groups in total. The zero-order valence-electron chi connectivity index (χ0n) is 10.5. The Balaban J connectivity index is 0.00000162. The van der Waals surface area contributed by atoms with Crippen molar-refractivity contribution >= 4 is 28.9 Å². The topological polar surface area (TPSA) is 62.4 Å². The van der Waals surface area contributed by atoms with Crippen molar-refractivity contribution in [3.8, 4) is 0 Å². The minimum absolute atomic E-state index is 0. The van der Waals surface area contributed by atoms with Gasteiger partial charge in [-0.25, -0.2) is 4.98 Å². The van der Waals surface area contributed by atoms with E-state index >= 15 is 0 Å². The molecule has 1 aromatic heterocycles. The number of nitrogen functional groups attached to an aromatic ring is 1. The van der Waals surface area contributed by atoms with Gasteiger partial charge in [-0.1, -0.05) is 19.3 Å². The van der Waals surface area contributed by atoms with Crippen molar-refractivity contribution in [1.82, 2.24) is 9.88 Å². The van der Waals surface area contributed by atoms with E-state index in [1.165, 1.54) is 37.0 Å². The van der Waals surface area contributed by atoms with Crippen LogP contribution in [0.3, 0.4) is 0 Å².